The SMILES string of the molecule is CCOc1ccccc1-c1ocnc1CNC. The summed E-state index contributed by atoms with van der Waals surface area (Å²) in [6.45, 7) is 3.27. The van der Waals surface area contributed by atoms with Gasteiger partial charge >= 0.3 is 0 Å². The Hall–Kier alpha value is -1.81. The molecule has 0 aliphatic heterocycles. The van der Waals surface area contributed by atoms with Gasteiger partial charge in [0, 0.05) is 6.54 Å². The number of aromatic nitrogens is 1. The average molecular weight is 232 g/mol. The lowest BCUT2D eigenvalue weighted by Crippen LogP contribution is -2.06. The second kappa shape index (κ2) is 5.50. The maximum atomic E-state index is 5.59. The van der Waals surface area contributed by atoms with Crippen LogP contribution in [0, 0.1) is 0 Å². The number of nitrogens with one attached hydrogen (secondary N) is 1. The van der Waals surface area contributed by atoms with Crippen molar-refractivity contribution in [3.05, 3.63) is 36.4 Å². The smallest absolute Gasteiger partial charge is 0.181 e. The third-order valence-electron chi connectivity index (χ3n) is 2.42. The molecule has 0 aliphatic carbocycles. The number of hydrogen-bond acceptors (Lipinski definition) is 4. The summed E-state index contributed by atoms with van der Waals surface area (Å²) in [5.74, 6) is 1.59. The molecule has 0 saturated carbocycles. The first-order valence-electron chi connectivity index (χ1n) is 5.66. The van der Waals surface area contributed by atoms with E-state index in [-0.39, 0.29) is 0 Å². The van der Waals surface area contributed by atoms with Crippen LogP contribution in [0.1, 0.15) is 12.6 Å². The molecule has 2 aromatic rings. The average Bonchev–Trinajstić information content (AvgIpc) is 2.79. The van der Waals surface area contributed by atoms with Crippen molar-refractivity contribution < 1.29 is 9.15 Å². The molecule has 1 aromatic carbocycles. The zero-order valence-electron chi connectivity index (χ0n) is 10.1. The van der Waals surface area contributed by atoms with Crippen molar-refractivity contribution >= 4 is 0 Å². The van der Waals surface area contributed by atoms with E-state index in [0.29, 0.717) is 13.2 Å². The van der Waals surface area contributed by atoms with E-state index in [2.05, 4.69) is 10.3 Å². The van der Waals surface area contributed by atoms with E-state index >= 15 is 0 Å². The van der Waals surface area contributed by atoms with Crippen LogP contribution in [0.25, 0.3) is 11.3 Å². The molecule has 90 valence electrons. The molecule has 0 unspecified atom stereocenters. The second-order valence-corrected chi connectivity index (χ2v) is 3.59. The summed E-state index contributed by atoms with van der Waals surface area (Å²) in [5, 5.41) is 3.07. The highest BCUT2D eigenvalue weighted by Gasteiger charge is 2.14. The van der Waals surface area contributed by atoms with Crippen molar-refractivity contribution in [2.45, 2.75) is 13.5 Å². The lowest BCUT2D eigenvalue weighted by molar-refractivity contribution is 0.340. The first kappa shape index (κ1) is 11.7. The van der Waals surface area contributed by atoms with Crippen LogP contribution in [0.2, 0.25) is 0 Å². The minimum Gasteiger partial charge on any atom is -0.493 e. The van der Waals surface area contributed by atoms with Crippen molar-refractivity contribution in [2.75, 3.05) is 13.7 Å². The highest BCUT2D eigenvalue weighted by atomic mass is 16.5. The zero-order chi connectivity index (χ0) is 12.1. The molecule has 0 atom stereocenters. The van der Waals surface area contributed by atoms with E-state index in [1.54, 1.807) is 0 Å². The van der Waals surface area contributed by atoms with Crippen LogP contribution in [-0.2, 0) is 6.54 Å². The van der Waals surface area contributed by atoms with Crippen LogP contribution in [-0.4, -0.2) is 18.6 Å². The first-order chi connectivity index (χ1) is 8.36. The summed E-state index contributed by atoms with van der Waals surface area (Å²) in [6.07, 6.45) is 1.46. The summed E-state index contributed by atoms with van der Waals surface area (Å²) < 4.78 is 11.0. The normalized spacial score (nSPS) is 10.5. The molecule has 0 spiro atoms. The summed E-state index contributed by atoms with van der Waals surface area (Å²) >= 11 is 0. The Morgan fingerprint density at radius 2 is 2.18 bits per heavy atom. The molecule has 0 radical (unpaired) electrons. The summed E-state index contributed by atoms with van der Waals surface area (Å²) in [4.78, 5) is 4.20. The van der Waals surface area contributed by atoms with Gasteiger partial charge in [-0.05, 0) is 26.1 Å². The van der Waals surface area contributed by atoms with Crippen LogP contribution < -0.4 is 10.1 Å². The Kier molecular flexibility index (Phi) is 3.77. The third kappa shape index (κ3) is 2.47. The van der Waals surface area contributed by atoms with Gasteiger partial charge < -0.3 is 14.5 Å². The highest BCUT2D eigenvalue weighted by Crippen LogP contribution is 2.31. The second-order valence-electron chi connectivity index (χ2n) is 3.59. The van der Waals surface area contributed by atoms with Gasteiger partial charge in [0.2, 0.25) is 0 Å². The minimum absolute atomic E-state index is 0.631. The quantitative estimate of drug-likeness (QED) is 0.860. The van der Waals surface area contributed by atoms with Crippen molar-refractivity contribution in [3.8, 4) is 17.1 Å². The number of benzene rings is 1. The topological polar surface area (TPSA) is 47.3 Å². The fourth-order valence-corrected chi connectivity index (χ4v) is 1.72. The predicted octanol–water partition coefficient (Wildman–Crippen LogP) is 2.46. The van der Waals surface area contributed by atoms with Gasteiger partial charge in [-0.3, -0.25) is 0 Å². The van der Waals surface area contributed by atoms with Gasteiger partial charge in [0.25, 0.3) is 0 Å². The lowest BCUT2D eigenvalue weighted by atomic mass is 10.1. The molecule has 0 bridgehead atoms. The number of para-hydroxylation sites is 1. The highest BCUT2D eigenvalue weighted by molar-refractivity contribution is 5.67. The van der Waals surface area contributed by atoms with Crippen molar-refractivity contribution in [2.24, 2.45) is 0 Å². The molecule has 0 fully saturated rings. The van der Waals surface area contributed by atoms with Gasteiger partial charge in [0.1, 0.15) is 11.4 Å². The molecular weight excluding hydrogens is 216 g/mol. The molecule has 0 saturated heterocycles. The van der Waals surface area contributed by atoms with Crippen molar-refractivity contribution in [3.63, 3.8) is 0 Å². The molecule has 2 rings (SSSR count). The molecule has 17 heavy (non-hydrogen) atoms. The van der Waals surface area contributed by atoms with E-state index in [1.807, 2.05) is 38.2 Å². The van der Waals surface area contributed by atoms with Gasteiger partial charge in [-0.2, -0.15) is 0 Å². The Morgan fingerprint density at radius 3 is 2.94 bits per heavy atom. The Balaban J connectivity index is 2.41. The number of oxazole rings is 1. The van der Waals surface area contributed by atoms with Crippen LogP contribution in [0.3, 0.4) is 0 Å². The number of hydrogen-bond donors (Lipinski definition) is 1. The zero-order valence-corrected chi connectivity index (χ0v) is 10.1. The van der Waals surface area contributed by atoms with E-state index in [0.717, 1.165) is 22.8 Å². The Labute approximate surface area is 101 Å². The van der Waals surface area contributed by atoms with Gasteiger partial charge in [-0.15, -0.1) is 0 Å². The van der Waals surface area contributed by atoms with Gasteiger partial charge in [0.05, 0.1) is 12.2 Å². The molecule has 0 amide bonds. The Morgan fingerprint density at radius 1 is 1.35 bits per heavy atom. The van der Waals surface area contributed by atoms with Crippen LogP contribution in [0.5, 0.6) is 5.75 Å². The molecule has 4 heteroatoms. The molecular formula is C13H16N2O2. The van der Waals surface area contributed by atoms with E-state index in [4.69, 9.17) is 9.15 Å². The monoisotopic (exact) mass is 232 g/mol. The first-order valence-corrected chi connectivity index (χ1v) is 5.66. The van der Waals surface area contributed by atoms with E-state index in [9.17, 15) is 0 Å². The Bertz CT molecular complexity index is 480. The number of ether oxygens (including phenoxy) is 1. The maximum absolute atomic E-state index is 5.59. The summed E-state index contributed by atoms with van der Waals surface area (Å²) in [6, 6.07) is 7.82. The van der Waals surface area contributed by atoms with Crippen LogP contribution in [0.4, 0.5) is 0 Å². The van der Waals surface area contributed by atoms with Crippen LogP contribution >= 0.6 is 0 Å². The molecule has 4 nitrogen and oxygen atoms in total. The van der Waals surface area contributed by atoms with Gasteiger partial charge in [0.15, 0.2) is 12.2 Å². The van der Waals surface area contributed by atoms with Crippen LogP contribution in [0.15, 0.2) is 35.1 Å². The third-order valence-corrected chi connectivity index (χ3v) is 2.42. The molecule has 1 aromatic heterocycles. The lowest BCUT2D eigenvalue weighted by Gasteiger charge is -2.08. The standard InChI is InChI=1S/C13H16N2O2/c1-3-16-12-7-5-4-6-10(12)13-11(8-14-2)15-9-17-13/h4-7,9,14H,3,8H2,1-2H3. The number of nitrogens with zero attached hydrogens (tertiary/aromatic N) is 1. The molecule has 1 N–H and O–H groups in total. The molecule has 1 heterocycles. The summed E-state index contributed by atoms with van der Waals surface area (Å²) in [7, 11) is 1.88. The fraction of sp³-hybridized carbons (Fsp3) is 0.308. The minimum atomic E-state index is 0.631. The molecule has 0 aliphatic rings. The fourth-order valence-electron chi connectivity index (χ4n) is 1.72. The van der Waals surface area contributed by atoms with Crippen molar-refractivity contribution in [1.29, 1.82) is 0 Å². The van der Waals surface area contributed by atoms with Crippen molar-refractivity contribution in [1.82, 2.24) is 10.3 Å². The maximum Gasteiger partial charge on any atom is 0.181 e. The predicted molar refractivity (Wildman–Crippen MR) is 65.9 cm³/mol. The van der Waals surface area contributed by atoms with Gasteiger partial charge in [-0.25, -0.2) is 4.98 Å². The largest absolute Gasteiger partial charge is 0.493 e. The van der Waals surface area contributed by atoms with E-state index in [1.165, 1.54) is 6.39 Å². The number of rotatable bonds is 5. The van der Waals surface area contributed by atoms with Gasteiger partial charge in [-0.1, -0.05) is 12.1 Å². The van der Waals surface area contributed by atoms with E-state index < -0.39 is 0 Å². The summed E-state index contributed by atoms with van der Waals surface area (Å²) in [5.41, 5.74) is 1.83.